The zero-order valence-corrected chi connectivity index (χ0v) is 9.67. The molecule has 1 heterocycles. The highest BCUT2D eigenvalue weighted by Gasteiger charge is 2.61. The van der Waals surface area contributed by atoms with Crippen LogP contribution in [0.1, 0.15) is 26.2 Å². The van der Waals surface area contributed by atoms with E-state index < -0.39 is 0 Å². The summed E-state index contributed by atoms with van der Waals surface area (Å²) in [5.74, 6) is 3.03. The Morgan fingerprint density at radius 2 is 2.00 bits per heavy atom. The molecule has 1 aliphatic heterocycles. The lowest BCUT2D eigenvalue weighted by atomic mass is 9.88. The Bertz CT molecular complexity index is 354. The van der Waals surface area contributed by atoms with E-state index in [1.165, 1.54) is 6.42 Å². The lowest BCUT2D eigenvalue weighted by Gasteiger charge is -2.29. The molecule has 7 unspecified atom stereocenters. The summed E-state index contributed by atoms with van der Waals surface area (Å²) in [6.45, 7) is 3.09. The van der Waals surface area contributed by atoms with Crippen LogP contribution in [0.15, 0.2) is 0 Å². The van der Waals surface area contributed by atoms with Gasteiger partial charge in [0.25, 0.3) is 0 Å². The molecule has 3 aliphatic carbocycles. The van der Waals surface area contributed by atoms with Crippen LogP contribution in [0.3, 0.4) is 0 Å². The highest BCUT2D eigenvalue weighted by Crippen LogP contribution is 2.56. The van der Waals surface area contributed by atoms with Gasteiger partial charge in [0.1, 0.15) is 0 Å². The highest BCUT2D eigenvalue weighted by molar-refractivity contribution is 5.82. The molecule has 16 heavy (non-hydrogen) atoms. The van der Waals surface area contributed by atoms with Crippen molar-refractivity contribution in [2.45, 2.75) is 38.3 Å². The predicted molar refractivity (Wildman–Crippen MR) is 58.5 cm³/mol. The number of carbonyl (C=O) groups is 1. The van der Waals surface area contributed by atoms with Crippen molar-refractivity contribution in [1.82, 2.24) is 4.90 Å². The van der Waals surface area contributed by atoms with E-state index in [0.717, 1.165) is 19.4 Å². The van der Waals surface area contributed by atoms with E-state index in [1.807, 2.05) is 4.90 Å². The number of hydrogen-bond acceptors (Lipinski definition) is 2. The molecule has 2 bridgehead atoms. The molecule has 0 spiro atoms. The molecule has 0 aromatic carbocycles. The summed E-state index contributed by atoms with van der Waals surface area (Å²) in [6, 6.07) is 0.184. The molecule has 3 nitrogen and oxygen atoms in total. The van der Waals surface area contributed by atoms with Gasteiger partial charge in [-0.3, -0.25) is 4.79 Å². The Kier molecular flexibility index (Phi) is 1.66. The Morgan fingerprint density at radius 3 is 2.62 bits per heavy atom. The van der Waals surface area contributed by atoms with Crippen molar-refractivity contribution < 1.29 is 9.90 Å². The second kappa shape index (κ2) is 2.81. The van der Waals surface area contributed by atoms with E-state index in [-0.39, 0.29) is 18.1 Å². The molecule has 0 aromatic rings. The van der Waals surface area contributed by atoms with Crippen LogP contribution < -0.4 is 0 Å². The third kappa shape index (κ3) is 1.01. The number of carbonyl (C=O) groups excluding carboxylic acids is 1. The lowest BCUT2D eigenvalue weighted by Crippen LogP contribution is -2.44. The standard InChI is InChI=1S/C13H19NO2/c1-6-2-9(6)13(16)14-5-8-3-7-4-10(8)11(14)12(7)15/h6-12,15H,2-5H2,1H3. The summed E-state index contributed by atoms with van der Waals surface area (Å²) in [7, 11) is 0. The Hall–Kier alpha value is -0.570. The van der Waals surface area contributed by atoms with Gasteiger partial charge in [0, 0.05) is 12.5 Å². The Morgan fingerprint density at radius 1 is 1.25 bits per heavy atom. The van der Waals surface area contributed by atoms with Crippen molar-refractivity contribution in [3.63, 3.8) is 0 Å². The molecular weight excluding hydrogens is 202 g/mol. The smallest absolute Gasteiger partial charge is 0.226 e. The summed E-state index contributed by atoms with van der Waals surface area (Å²) in [5, 5.41) is 10.2. The maximum absolute atomic E-state index is 12.3. The molecule has 3 heteroatoms. The van der Waals surface area contributed by atoms with Gasteiger partial charge in [-0.05, 0) is 42.9 Å². The van der Waals surface area contributed by atoms with Crippen molar-refractivity contribution in [3.8, 4) is 0 Å². The van der Waals surface area contributed by atoms with Crippen molar-refractivity contribution in [2.24, 2.45) is 29.6 Å². The molecule has 1 amide bonds. The maximum Gasteiger partial charge on any atom is 0.226 e. The molecule has 1 saturated heterocycles. The summed E-state index contributed by atoms with van der Waals surface area (Å²) in [4.78, 5) is 14.3. The molecule has 3 saturated carbocycles. The van der Waals surface area contributed by atoms with E-state index in [2.05, 4.69) is 6.92 Å². The fourth-order valence-electron chi connectivity index (χ4n) is 4.55. The minimum Gasteiger partial charge on any atom is -0.391 e. The van der Waals surface area contributed by atoms with Gasteiger partial charge >= 0.3 is 0 Å². The number of likely N-dealkylation sites (tertiary alicyclic amines) is 1. The van der Waals surface area contributed by atoms with Crippen LogP contribution in [0.2, 0.25) is 0 Å². The Balaban J connectivity index is 1.60. The third-order valence-electron chi connectivity index (χ3n) is 5.56. The quantitative estimate of drug-likeness (QED) is 0.713. The monoisotopic (exact) mass is 221 g/mol. The fourth-order valence-corrected chi connectivity index (χ4v) is 4.55. The number of aliphatic hydroxyl groups excluding tert-OH is 1. The van der Waals surface area contributed by atoms with E-state index in [9.17, 15) is 9.90 Å². The van der Waals surface area contributed by atoms with Crippen molar-refractivity contribution in [3.05, 3.63) is 0 Å². The molecule has 0 aromatic heterocycles. The molecular formula is C13H19NO2. The zero-order valence-electron chi connectivity index (χ0n) is 9.67. The first-order chi connectivity index (χ1) is 7.66. The van der Waals surface area contributed by atoms with Gasteiger partial charge in [-0.25, -0.2) is 0 Å². The summed E-state index contributed by atoms with van der Waals surface area (Å²) in [5.41, 5.74) is 0. The molecule has 4 rings (SSSR count). The Labute approximate surface area is 95.8 Å². The lowest BCUT2D eigenvalue weighted by molar-refractivity contribution is -0.135. The molecule has 4 fully saturated rings. The number of fused-ring (bicyclic) bond motifs is 1. The van der Waals surface area contributed by atoms with Crippen LogP contribution >= 0.6 is 0 Å². The summed E-state index contributed by atoms with van der Waals surface area (Å²) >= 11 is 0. The number of amides is 1. The normalized spacial score (nSPS) is 57.1. The van der Waals surface area contributed by atoms with Crippen molar-refractivity contribution in [1.29, 1.82) is 0 Å². The largest absolute Gasteiger partial charge is 0.391 e. The SMILES string of the molecule is CC1CC1C(=O)N1CC2CC3CC2C1C3O. The molecule has 88 valence electrons. The van der Waals surface area contributed by atoms with Gasteiger partial charge < -0.3 is 10.0 Å². The molecule has 0 radical (unpaired) electrons. The molecule has 4 aliphatic rings. The average Bonchev–Trinajstić information content (AvgIpc) is 2.63. The van der Waals surface area contributed by atoms with Gasteiger partial charge in [0.05, 0.1) is 12.1 Å². The first kappa shape index (κ1) is 9.46. The van der Waals surface area contributed by atoms with Crippen LogP contribution in [0.4, 0.5) is 0 Å². The number of hydrogen-bond donors (Lipinski definition) is 1. The van der Waals surface area contributed by atoms with Crippen molar-refractivity contribution in [2.75, 3.05) is 6.54 Å². The van der Waals surface area contributed by atoms with Gasteiger partial charge in [-0.1, -0.05) is 6.92 Å². The van der Waals surface area contributed by atoms with Gasteiger partial charge in [0.2, 0.25) is 5.91 Å². The van der Waals surface area contributed by atoms with E-state index >= 15 is 0 Å². The zero-order chi connectivity index (χ0) is 11.0. The van der Waals surface area contributed by atoms with E-state index in [0.29, 0.717) is 29.6 Å². The topological polar surface area (TPSA) is 40.5 Å². The summed E-state index contributed by atoms with van der Waals surface area (Å²) < 4.78 is 0. The fraction of sp³-hybridized carbons (Fsp3) is 0.923. The predicted octanol–water partition coefficient (Wildman–Crippen LogP) is 0.870. The van der Waals surface area contributed by atoms with E-state index in [1.54, 1.807) is 0 Å². The minimum atomic E-state index is -0.221. The van der Waals surface area contributed by atoms with Crippen LogP contribution in [0, 0.1) is 29.6 Å². The second-order valence-electron chi connectivity index (χ2n) is 6.45. The third-order valence-corrected chi connectivity index (χ3v) is 5.56. The minimum absolute atomic E-state index is 0.184. The van der Waals surface area contributed by atoms with Crippen LogP contribution in [0.5, 0.6) is 0 Å². The first-order valence-corrected chi connectivity index (χ1v) is 6.65. The highest BCUT2D eigenvalue weighted by atomic mass is 16.3. The average molecular weight is 221 g/mol. The van der Waals surface area contributed by atoms with Gasteiger partial charge in [0.15, 0.2) is 0 Å². The second-order valence-corrected chi connectivity index (χ2v) is 6.45. The first-order valence-electron chi connectivity index (χ1n) is 6.65. The van der Waals surface area contributed by atoms with Gasteiger partial charge in [-0.15, -0.1) is 0 Å². The number of nitrogens with zero attached hydrogens (tertiary/aromatic N) is 1. The van der Waals surface area contributed by atoms with E-state index in [4.69, 9.17) is 0 Å². The summed E-state index contributed by atoms with van der Waals surface area (Å²) in [6.07, 6.45) is 3.17. The van der Waals surface area contributed by atoms with Crippen molar-refractivity contribution >= 4 is 5.91 Å². The maximum atomic E-state index is 12.3. The van der Waals surface area contributed by atoms with Crippen LogP contribution in [-0.2, 0) is 4.79 Å². The number of rotatable bonds is 1. The van der Waals surface area contributed by atoms with Crippen LogP contribution in [0.25, 0.3) is 0 Å². The number of aliphatic hydroxyl groups is 1. The molecule has 7 atom stereocenters. The van der Waals surface area contributed by atoms with Crippen LogP contribution in [-0.4, -0.2) is 34.6 Å². The van der Waals surface area contributed by atoms with Gasteiger partial charge in [-0.2, -0.15) is 0 Å². The molecule has 1 N–H and O–H groups in total.